The van der Waals surface area contributed by atoms with Crippen molar-refractivity contribution in [3.63, 3.8) is 0 Å². The van der Waals surface area contributed by atoms with E-state index in [9.17, 15) is 9.50 Å². The summed E-state index contributed by atoms with van der Waals surface area (Å²) < 4.78 is 12.6. The Morgan fingerprint density at radius 1 is 1.44 bits per heavy atom. The van der Waals surface area contributed by atoms with E-state index in [0.717, 1.165) is 0 Å². The molecule has 0 bridgehead atoms. The average molecular weight is 242 g/mol. The number of halogens is 1. The van der Waals surface area contributed by atoms with Gasteiger partial charge in [-0.15, -0.1) is 0 Å². The van der Waals surface area contributed by atoms with Gasteiger partial charge in [0.25, 0.3) is 0 Å². The van der Waals surface area contributed by atoms with Gasteiger partial charge in [0.2, 0.25) is 0 Å². The van der Waals surface area contributed by atoms with Crippen molar-refractivity contribution in [2.24, 2.45) is 0 Å². The van der Waals surface area contributed by atoms with Crippen LogP contribution in [0.4, 0.5) is 4.39 Å². The second kappa shape index (κ2) is 6.40. The molecule has 16 heavy (non-hydrogen) atoms. The summed E-state index contributed by atoms with van der Waals surface area (Å²) in [5.41, 5.74) is 0.707. The lowest BCUT2D eigenvalue weighted by molar-refractivity contribution is 0.168. The summed E-state index contributed by atoms with van der Waals surface area (Å²) in [6.07, 6.45) is -0.0826. The number of hydrogen-bond donors (Lipinski definition) is 3. The Labute approximate surface area is 99.7 Å². The van der Waals surface area contributed by atoms with Gasteiger partial charge in [-0.1, -0.05) is 12.1 Å². The molecule has 0 spiro atoms. The molecule has 88 valence electrons. The van der Waals surface area contributed by atoms with Gasteiger partial charge >= 0.3 is 0 Å². The molecule has 1 aromatic carbocycles. The van der Waals surface area contributed by atoms with Crippen LogP contribution in [-0.2, 0) is 0 Å². The fourth-order valence-corrected chi connectivity index (χ4v) is 1.36. The van der Waals surface area contributed by atoms with Gasteiger partial charge in [0.1, 0.15) is 5.82 Å². The Hall–Kier alpha value is -1.20. The number of thiocarbonyl (C=S) groups is 1. The van der Waals surface area contributed by atoms with Crippen molar-refractivity contribution in [1.82, 2.24) is 10.6 Å². The molecule has 0 amide bonds. The first-order valence-corrected chi connectivity index (χ1v) is 5.43. The predicted molar refractivity (Wildman–Crippen MR) is 65.6 cm³/mol. The third-order valence-corrected chi connectivity index (χ3v) is 2.53. The van der Waals surface area contributed by atoms with Crippen molar-refractivity contribution >= 4 is 17.3 Å². The maximum atomic E-state index is 12.6. The largest absolute Gasteiger partial charge is 0.388 e. The highest BCUT2D eigenvalue weighted by Gasteiger charge is 2.07. The van der Waals surface area contributed by atoms with Gasteiger partial charge in [-0.3, -0.25) is 0 Å². The lowest BCUT2D eigenvalue weighted by Gasteiger charge is -2.12. The number of aliphatic hydroxyl groups is 1. The second-order valence-corrected chi connectivity index (χ2v) is 3.77. The van der Waals surface area contributed by atoms with Crippen molar-refractivity contribution in [2.75, 3.05) is 13.6 Å². The van der Waals surface area contributed by atoms with Crippen LogP contribution in [-0.4, -0.2) is 23.8 Å². The summed E-state index contributed by atoms with van der Waals surface area (Å²) in [5, 5.41) is 16.0. The Balaban J connectivity index is 2.37. The van der Waals surface area contributed by atoms with Crippen LogP contribution in [0.2, 0.25) is 0 Å². The van der Waals surface area contributed by atoms with Crippen LogP contribution in [0.25, 0.3) is 0 Å². The van der Waals surface area contributed by atoms with Crippen molar-refractivity contribution in [2.45, 2.75) is 12.5 Å². The molecule has 0 unspecified atom stereocenters. The van der Waals surface area contributed by atoms with Crippen LogP contribution in [0.1, 0.15) is 18.1 Å². The molecule has 0 radical (unpaired) electrons. The highest BCUT2D eigenvalue weighted by Crippen LogP contribution is 2.15. The highest BCUT2D eigenvalue weighted by molar-refractivity contribution is 7.80. The molecule has 5 heteroatoms. The molecule has 0 saturated carbocycles. The fourth-order valence-electron chi connectivity index (χ4n) is 1.26. The third-order valence-electron chi connectivity index (χ3n) is 2.19. The van der Waals surface area contributed by atoms with Gasteiger partial charge in [-0.25, -0.2) is 4.39 Å². The second-order valence-electron chi connectivity index (χ2n) is 3.36. The maximum Gasteiger partial charge on any atom is 0.166 e. The van der Waals surface area contributed by atoms with Gasteiger partial charge in [0, 0.05) is 13.6 Å². The smallest absolute Gasteiger partial charge is 0.166 e. The molecule has 0 saturated heterocycles. The number of benzene rings is 1. The summed E-state index contributed by atoms with van der Waals surface area (Å²) in [5.74, 6) is -0.301. The van der Waals surface area contributed by atoms with Gasteiger partial charge in [0.05, 0.1) is 6.10 Å². The van der Waals surface area contributed by atoms with Gasteiger partial charge in [0.15, 0.2) is 5.11 Å². The Morgan fingerprint density at radius 2 is 2.06 bits per heavy atom. The normalized spacial score (nSPS) is 11.9. The van der Waals surface area contributed by atoms with Crippen LogP contribution >= 0.6 is 12.2 Å². The van der Waals surface area contributed by atoms with Crippen molar-refractivity contribution in [3.8, 4) is 0 Å². The van der Waals surface area contributed by atoms with Crippen LogP contribution in [0, 0.1) is 5.82 Å². The van der Waals surface area contributed by atoms with E-state index in [1.807, 2.05) is 0 Å². The van der Waals surface area contributed by atoms with Crippen LogP contribution in [0.3, 0.4) is 0 Å². The van der Waals surface area contributed by atoms with E-state index < -0.39 is 6.10 Å². The van der Waals surface area contributed by atoms with Crippen molar-refractivity contribution in [1.29, 1.82) is 0 Å². The van der Waals surface area contributed by atoms with E-state index in [0.29, 0.717) is 23.6 Å². The molecule has 1 rings (SSSR count). The van der Waals surface area contributed by atoms with Crippen LogP contribution in [0.15, 0.2) is 24.3 Å². The summed E-state index contributed by atoms with van der Waals surface area (Å²) in [7, 11) is 1.73. The zero-order chi connectivity index (χ0) is 12.0. The van der Waals surface area contributed by atoms with E-state index in [4.69, 9.17) is 12.2 Å². The van der Waals surface area contributed by atoms with Gasteiger partial charge in [-0.05, 0) is 36.3 Å². The van der Waals surface area contributed by atoms with E-state index in [-0.39, 0.29) is 5.82 Å². The first kappa shape index (κ1) is 12.9. The SMILES string of the molecule is CNC(=S)NCC[C@@H](O)c1ccc(F)cc1. The van der Waals surface area contributed by atoms with Crippen LogP contribution < -0.4 is 10.6 Å². The van der Waals surface area contributed by atoms with Gasteiger partial charge in [-0.2, -0.15) is 0 Å². The van der Waals surface area contributed by atoms with E-state index in [1.165, 1.54) is 12.1 Å². The molecule has 3 nitrogen and oxygen atoms in total. The number of aliphatic hydroxyl groups excluding tert-OH is 1. The Kier molecular flexibility index (Phi) is 5.14. The molecule has 0 aromatic heterocycles. The maximum absolute atomic E-state index is 12.6. The molecule has 1 atom stereocenters. The van der Waals surface area contributed by atoms with E-state index >= 15 is 0 Å². The highest BCUT2D eigenvalue weighted by atomic mass is 32.1. The van der Waals surface area contributed by atoms with Crippen molar-refractivity contribution < 1.29 is 9.50 Å². The lowest BCUT2D eigenvalue weighted by atomic mass is 10.1. The van der Waals surface area contributed by atoms with Crippen LogP contribution in [0.5, 0.6) is 0 Å². The first-order chi connectivity index (χ1) is 7.63. The average Bonchev–Trinajstić information content (AvgIpc) is 2.29. The summed E-state index contributed by atoms with van der Waals surface area (Å²) in [6.45, 7) is 0.568. The molecule has 0 aliphatic carbocycles. The third kappa shape index (κ3) is 4.12. The minimum atomic E-state index is -0.604. The monoisotopic (exact) mass is 242 g/mol. The fraction of sp³-hybridized carbons (Fsp3) is 0.364. The quantitative estimate of drug-likeness (QED) is 0.697. The Bertz CT molecular complexity index is 342. The predicted octanol–water partition coefficient (Wildman–Crippen LogP) is 1.34. The molecular weight excluding hydrogens is 227 g/mol. The molecular formula is C11H15FN2OS. The summed E-state index contributed by atoms with van der Waals surface area (Å²) >= 11 is 4.89. The summed E-state index contributed by atoms with van der Waals surface area (Å²) in [4.78, 5) is 0. The standard InChI is InChI=1S/C11H15FN2OS/c1-13-11(16)14-7-6-10(15)8-2-4-9(12)5-3-8/h2-5,10,15H,6-7H2,1H3,(H2,13,14,16)/t10-/m1/s1. The molecule has 1 aromatic rings. The molecule has 0 aliphatic rings. The molecule has 0 fully saturated rings. The van der Waals surface area contributed by atoms with Gasteiger partial charge < -0.3 is 15.7 Å². The van der Waals surface area contributed by atoms with E-state index in [1.54, 1.807) is 19.2 Å². The Morgan fingerprint density at radius 3 is 2.62 bits per heavy atom. The molecule has 0 aliphatic heterocycles. The topological polar surface area (TPSA) is 44.3 Å². The molecule has 0 heterocycles. The van der Waals surface area contributed by atoms with E-state index in [2.05, 4.69) is 10.6 Å². The number of hydrogen-bond acceptors (Lipinski definition) is 2. The number of rotatable bonds is 4. The first-order valence-electron chi connectivity index (χ1n) is 5.02. The number of nitrogens with one attached hydrogen (secondary N) is 2. The zero-order valence-electron chi connectivity index (χ0n) is 9.03. The minimum absolute atomic E-state index is 0.301. The summed E-state index contributed by atoms with van der Waals surface area (Å²) in [6, 6.07) is 5.83. The van der Waals surface area contributed by atoms with Crippen molar-refractivity contribution in [3.05, 3.63) is 35.6 Å². The zero-order valence-corrected chi connectivity index (χ0v) is 9.85. The lowest BCUT2D eigenvalue weighted by Crippen LogP contribution is -2.33. The molecule has 3 N–H and O–H groups in total. The minimum Gasteiger partial charge on any atom is -0.388 e.